The maximum absolute atomic E-state index is 11.6. The van der Waals surface area contributed by atoms with Crippen molar-refractivity contribution in [3.05, 3.63) is 47.0 Å². The van der Waals surface area contributed by atoms with Crippen molar-refractivity contribution in [2.24, 2.45) is 0 Å². The van der Waals surface area contributed by atoms with Crippen LogP contribution in [0.2, 0.25) is 0 Å². The van der Waals surface area contributed by atoms with E-state index in [0.29, 0.717) is 0 Å². The number of rotatable bonds is 4. The smallest absolute Gasteiger partial charge is 0.335 e. The molecule has 0 aliphatic carbocycles. The second-order valence-electron chi connectivity index (χ2n) is 5.29. The van der Waals surface area contributed by atoms with E-state index >= 15 is 0 Å². The third-order valence-corrected chi connectivity index (χ3v) is 4.92. The van der Waals surface area contributed by atoms with Crippen molar-refractivity contribution in [2.45, 2.75) is 19.3 Å². The highest BCUT2D eigenvalue weighted by Gasteiger charge is 2.16. The van der Waals surface area contributed by atoms with Gasteiger partial charge in [-0.15, -0.1) is 11.3 Å². The van der Waals surface area contributed by atoms with Crippen molar-refractivity contribution in [2.75, 3.05) is 20.2 Å². The highest BCUT2D eigenvalue weighted by molar-refractivity contribution is 7.17. The topological polar surface area (TPSA) is 29.5 Å². The molecule has 0 radical (unpaired) electrons. The number of esters is 1. The number of thiophene rings is 1. The third-order valence-electron chi connectivity index (χ3n) is 3.91. The Morgan fingerprint density at radius 3 is 3.10 bits per heavy atom. The van der Waals surface area contributed by atoms with E-state index < -0.39 is 0 Å². The zero-order valence-corrected chi connectivity index (χ0v) is 13.0. The fourth-order valence-corrected chi connectivity index (χ4v) is 3.77. The first-order valence-corrected chi connectivity index (χ1v) is 8.14. The van der Waals surface area contributed by atoms with E-state index in [2.05, 4.69) is 34.5 Å². The molecule has 0 bridgehead atoms. The molecule has 0 N–H and O–H groups in total. The Morgan fingerprint density at radius 1 is 1.38 bits per heavy atom. The lowest BCUT2D eigenvalue weighted by molar-refractivity contribution is -0.136. The molecule has 0 spiro atoms. The number of hydrogen-bond donors (Lipinski definition) is 0. The van der Waals surface area contributed by atoms with Crippen LogP contribution in [0.15, 0.2) is 41.4 Å². The maximum Gasteiger partial charge on any atom is 0.335 e. The Labute approximate surface area is 128 Å². The summed E-state index contributed by atoms with van der Waals surface area (Å²) in [6, 6.07) is 8.53. The molecule has 3 nitrogen and oxygen atoms in total. The Balaban J connectivity index is 1.68. The number of benzene rings is 1. The summed E-state index contributed by atoms with van der Waals surface area (Å²) in [5.74, 6) is -0.194. The molecule has 2 heterocycles. The molecule has 1 aromatic heterocycles. The van der Waals surface area contributed by atoms with Crippen LogP contribution in [0.25, 0.3) is 10.1 Å². The average molecular weight is 301 g/mol. The molecule has 4 heteroatoms. The first-order valence-electron chi connectivity index (χ1n) is 7.26. The lowest BCUT2D eigenvalue weighted by atomic mass is 10.1. The first kappa shape index (κ1) is 14.1. The number of carbonyl (C=O) groups is 1. The van der Waals surface area contributed by atoms with Crippen molar-refractivity contribution >= 4 is 27.4 Å². The number of fused-ring (bicyclic) bond motifs is 1. The molecule has 0 atom stereocenters. The van der Waals surface area contributed by atoms with Gasteiger partial charge in [0.05, 0.1) is 12.7 Å². The molecule has 0 unspecified atom stereocenters. The molecule has 0 saturated heterocycles. The fourth-order valence-electron chi connectivity index (χ4n) is 2.77. The maximum atomic E-state index is 11.6. The fraction of sp³-hybridized carbons (Fsp3) is 0.353. The second-order valence-corrected chi connectivity index (χ2v) is 6.20. The number of nitrogens with zero attached hydrogens (tertiary/aromatic N) is 1. The van der Waals surface area contributed by atoms with Gasteiger partial charge in [-0.3, -0.25) is 0 Å². The molecule has 21 heavy (non-hydrogen) atoms. The molecule has 0 fully saturated rings. The average Bonchev–Trinajstić information content (AvgIpc) is 2.95. The molecule has 1 aromatic carbocycles. The highest BCUT2D eigenvalue weighted by Crippen LogP contribution is 2.26. The van der Waals surface area contributed by atoms with Gasteiger partial charge in [-0.2, -0.15) is 0 Å². The van der Waals surface area contributed by atoms with Gasteiger partial charge in [0.1, 0.15) is 0 Å². The van der Waals surface area contributed by atoms with E-state index in [0.717, 1.165) is 37.9 Å². The molecule has 2 aromatic rings. The van der Waals surface area contributed by atoms with Gasteiger partial charge in [0.2, 0.25) is 0 Å². The van der Waals surface area contributed by atoms with Gasteiger partial charge in [0, 0.05) is 24.0 Å². The molecular formula is C17H19NO2S. The van der Waals surface area contributed by atoms with E-state index in [1.165, 1.54) is 22.8 Å². The van der Waals surface area contributed by atoms with Crippen LogP contribution < -0.4 is 0 Å². The minimum absolute atomic E-state index is 0.194. The van der Waals surface area contributed by atoms with Gasteiger partial charge in [-0.1, -0.05) is 18.2 Å². The molecule has 1 aliphatic heterocycles. The van der Waals surface area contributed by atoms with Crippen LogP contribution in [0.3, 0.4) is 0 Å². The van der Waals surface area contributed by atoms with Gasteiger partial charge in [-0.25, -0.2) is 4.79 Å². The number of ether oxygens (including phenoxy) is 1. The summed E-state index contributed by atoms with van der Waals surface area (Å²) in [7, 11) is 1.44. The molecule has 110 valence electrons. The van der Waals surface area contributed by atoms with Gasteiger partial charge >= 0.3 is 5.97 Å². The van der Waals surface area contributed by atoms with Crippen LogP contribution in [0.1, 0.15) is 18.4 Å². The van der Waals surface area contributed by atoms with Crippen LogP contribution >= 0.6 is 11.3 Å². The largest absolute Gasteiger partial charge is 0.466 e. The third kappa shape index (κ3) is 3.10. The summed E-state index contributed by atoms with van der Waals surface area (Å²) in [4.78, 5) is 13.8. The van der Waals surface area contributed by atoms with Gasteiger partial charge in [-0.05, 0) is 41.7 Å². The SMILES string of the molecule is COC(=O)C1=CN(CCc2csc3ccccc23)CCC1. The molecule has 1 aliphatic rings. The zero-order valence-electron chi connectivity index (χ0n) is 12.2. The van der Waals surface area contributed by atoms with E-state index in [-0.39, 0.29) is 5.97 Å². The Hall–Kier alpha value is -1.81. The van der Waals surface area contributed by atoms with Gasteiger partial charge in [0.15, 0.2) is 0 Å². The minimum atomic E-state index is -0.194. The predicted octanol–water partition coefficient (Wildman–Crippen LogP) is 3.60. The summed E-state index contributed by atoms with van der Waals surface area (Å²) in [6.07, 6.45) is 4.83. The highest BCUT2D eigenvalue weighted by atomic mass is 32.1. The van der Waals surface area contributed by atoms with Crippen LogP contribution in [0.4, 0.5) is 0 Å². The van der Waals surface area contributed by atoms with E-state index in [4.69, 9.17) is 4.74 Å². The Morgan fingerprint density at radius 2 is 2.24 bits per heavy atom. The Kier molecular flexibility index (Phi) is 4.25. The first-order chi connectivity index (χ1) is 10.3. The predicted molar refractivity (Wildman–Crippen MR) is 86.4 cm³/mol. The monoisotopic (exact) mass is 301 g/mol. The molecule has 0 saturated carbocycles. The summed E-state index contributed by atoms with van der Waals surface area (Å²) < 4.78 is 6.16. The summed E-state index contributed by atoms with van der Waals surface area (Å²) in [6.45, 7) is 1.96. The number of methoxy groups -OCH3 is 1. The molecule has 0 amide bonds. The normalized spacial score (nSPS) is 15.1. The van der Waals surface area contributed by atoms with E-state index in [1.807, 2.05) is 6.20 Å². The number of carbonyl (C=O) groups excluding carboxylic acids is 1. The van der Waals surface area contributed by atoms with Crippen molar-refractivity contribution in [1.29, 1.82) is 0 Å². The van der Waals surface area contributed by atoms with E-state index in [1.54, 1.807) is 11.3 Å². The quantitative estimate of drug-likeness (QED) is 0.808. The lowest BCUT2D eigenvalue weighted by Gasteiger charge is -2.25. The van der Waals surface area contributed by atoms with Crippen LogP contribution in [-0.4, -0.2) is 31.1 Å². The van der Waals surface area contributed by atoms with Crippen molar-refractivity contribution in [3.8, 4) is 0 Å². The second kappa shape index (κ2) is 6.31. The standard InChI is InChI=1S/C17H19NO2S/c1-20-17(19)13-5-4-9-18(11-13)10-8-14-12-21-16-7-3-2-6-15(14)16/h2-3,6-7,11-12H,4-5,8-10H2,1H3. The molecular weight excluding hydrogens is 282 g/mol. The Bertz CT molecular complexity index is 674. The summed E-state index contributed by atoms with van der Waals surface area (Å²) in [5.41, 5.74) is 2.19. The summed E-state index contributed by atoms with van der Waals surface area (Å²) in [5, 5.41) is 3.61. The van der Waals surface area contributed by atoms with Crippen LogP contribution in [0, 0.1) is 0 Å². The lowest BCUT2D eigenvalue weighted by Crippen LogP contribution is -2.27. The van der Waals surface area contributed by atoms with Crippen molar-refractivity contribution in [1.82, 2.24) is 4.90 Å². The van der Waals surface area contributed by atoms with Crippen LogP contribution in [0.5, 0.6) is 0 Å². The van der Waals surface area contributed by atoms with Gasteiger partial charge in [0.25, 0.3) is 0 Å². The van der Waals surface area contributed by atoms with Crippen molar-refractivity contribution < 1.29 is 9.53 Å². The van der Waals surface area contributed by atoms with Crippen molar-refractivity contribution in [3.63, 3.8) is 0 Å². The number of hydrogen-bond acceptors (Lipinski definition) is 4. The van der Waals surface area contributed by atoms with Gasteiger partial charge < -0.3 is 9.64 Å². The minimum Gasteiger partial charge on any atom is -0.466 e. The molecule has 3 rings (SSSR count). The van der Waals surface area contributed by atoms with E-state index in [9.17, 15) is 4.79 Å². The zero-order chi connectivity index (χ0) is 14.7. The summed E-state index contributed by atoms with van der Waals surface area (Å²) >= 11 is 1.80. The van der Waals surface area contributed by atoms with Crippen LogP contribution in [-0.2, 0) is 16.0 Å².